The minimum Gasteiger partial charge on any atom is -0.483 e. The number of hydrogen-bond acceptors (Lipinski definition) is 3. The lowest BCUT2D eigenvalue weighted by molar-refractivity contribution is -0.134. The standard InChI is InChI=1S/C18H19NO3/c20-12-16-15-7-3-2-6-14(15)8-9-17(16)22-13-18(21)19-10-4-1-5-11-19/h2-3,6-9,12H,1,4-5,10-11,13H2. The highest BCUT2D eigenvalue weighted by Crippen LogP contribution is 2.26. The fourth-order valence-electron chi connectivity index (χ4n) is 2.90. The zero-order valence-corrected chi connectivity index (χ0v) is 12.5. The molecule has 114 valence electrons. The third-order valence-electron chi connectivity index (χ3n) is 4.11. The van der Waals surface area contributed by atoms with E-state index < -0.39 is 0 Å². The van der Waals surface area contributed by atoms with E-state index >= 15 is 0 Å². The van der Waals surface area contributed by atoms with E-state index in [1.165, 1.54) is 6.42 Å². The van der Waals surface area contributed by atoms with Gasteiger partial charge in [0.1, 0.15) is 5.75 Å². The Balaban J connectivity index is 1.76. The highest BCUT2D eigenvalue weighted by molar-refractivity contribution is 6.00. The lowest BCUT2D eigenvalue weighted by Crippen LogP contribution is -2.38. The summed E-state index contributed by atoms with van der Waals surface area (Å²) in [5.41, 5.74) is 0.504. The first-order valence-electron chi connectivity index (χ1n) is 7.67. The first kappa shape index (κ1) is 14.6. The molecule has 2 aromatic carbocycles. The molecule has 0 aliphatic carbocycles. The summed E-state index contributed by atoms with van der Waals surface area (Å²) in [5, 5.41) is 1.83. The molecule has 1 amide bonds. The molecule has 22 heavy (non-hydrogen) atoms. The van der Waals surface area contributed by atoms with Gasteiger partial charge in [0.15, 0.2) is 12.9 Å². The van der Waals surface area contributed by atoms with Gasteiger partial charge in [-0.2, -0.15) is 0 Å². The van der Waals surface area contributed by atoms with E-state index in [0.29, 0.717) is 11.3 Å². The summed E-state index contributed by atoms with van der Waals surface area (Å²) in [6.45, 7) is 1.60. The van der Waals surface area contributed by atoms with Gasteiger partial charge in [-0.3, -0.25) is 9.59 Å². The Morgan fingerprint density at radius 1 is 1.09 bits per heavy atom. The van der Waals surface area contributed by atoms with Crippen molar-refractivity contribution in [1.82, 2.24) is 4.90 Å². The van der Waals surface area contributed by atoms with Crippen LogP contribution < -0.4 is 4.74 Å². The molecule has 4 nitrogen and oxygen atoms in total. The molecule has 4 heteroatoms. The van der Waals surface area contributed by atoms with Gasteiger partial charge < -0.3 is 9.64 Å². The molecule has 0 bridgehead atoms. The van der Waals surface area contributed by atoms with Crippen molar-refractivity contribution in [3.63, 3.8) is 0 Å². The normalized spacial score (nSPS) is 14.8. The van der Waals surface area contributed by atoms with E-state index in [0.717, 1.165) is 43.0 Å². The summed E-state index contributed by atoms with van der Waals surface area (Å²) in [7, 11) is 0. The second-order valence-electron chi connectivity index (χ2n) is 5.55. The number of fused-ring (bicyclic) bond motifs is 1. The van der Waals surface area contributed by atoms with Gasteiger partial charge in [0.05, 0.1) is 5.56 Å². The minimum absolute atomic E-state index is 0.00953. The van der Waals surface area contributed by atoms with Crippen LogP contribution in [0.2, 0.25) is 0 Å². The van der Waals surface area contributed by atoms with Gasteiger partial charge in [-0.1, -0.05) is 30.3 Å². The van der Waals surface area contributed by atoms with Gasteiger partial charge in [-0.15, -0.1) is 0 Å². The van der Waals surface area contributed by atoms with Crippen molar-refractivity contribution in [3.8, 4) is 5.75 Å². The van der Waals surface area contributed by atoms with Gasteiger partial charge in [0.25, 0.3) is 5.91 Å². The molecule has 1 saturated heterocycles. The molecule has 1 fully saturated rings. The quantitative estimate of drug-likeness (QED) is 0.815. The summed E-state index contributed by atoms with van der Waals surface area (Å²) in [5.74, 6) is 0.462. The number of likely N-dealkylation sites (tertiary alicyclic amines) is 1. The van der Waals surface area contributed by atoms with E-state index in [-0.39, 0.29) is 12.5 Å². The van der Waals surface area contributed by atoms with Crippen molar-refractivity contribution >= 4 is 23.0 Å². The van der Waals surface area contributed by atoms with Crippen LogP contribution >= 0.6 is 0 Å². The smallest absolute Gasteiger partial charge is 0.260 e. The van der Waals surface area contributed by atoms with Crippen LogP contribution in [0.25, 0.3) is 10.8 Å². The van der Waals surface area contributed by atoms with Crippen LogP contribution in [0.5, 0.6) is 5.75 Å². The molecule has 1 aliphatic heterocycles. The molecule has 0 spiro atoms. The average molecular weight is 297 g/mol. The van der Waals surface area contributed by atoms with Crippen molar-refractivity contribution in [2.24, 2.45) is 0 Å². The predicted octanol–water partition coefficient (Wildman–Crippen LogP) is 3.04. The highest BCUT2D eigenvalue weighted by Gasteiger charge is 2.17. The Morgan fingerprint density at radius 2 is 1.86 bits per heavy atom. The van der Waals surface area contributed by atoms with Crippen molar-refractivity contribution in [3.05, 3.63) is 42.0 Å². The van der Waals surface area contributed by atoms with Gasteiger partial charge in [-0.05, 0) is 36.1 Å². The van der Waals surface area contributed by atoms with Crippen LogP contribution in [-0.2, 0) is 4.79 Å². The number of carbonyl (C=O) groups excluding carboxylic acids is 2. The summed E-state index contributed by atoms with van der Waals surface area (Å²) >= 11 is 0. The highest BCUT2D eigenvalue weighted by atomic mass is 16.5. The summed E-state index contributed by atoms with van der Waals surface area (Å²) in [6, 6.07) is 11.3. The molecule has 0 aromatic heterocycles. The van der Waals surface area contributed by atoms with Gasteiger partial charge >= 0.3 is 0 Å². The molecule has 0 unspecified atom stereocenters. The van der Waals surface area contributed by atoms with E-state index in [2.05, 4.69) is 0 Å². The Kier molecular flexibility index (Phi) is 4.37. The summed E-state index contributed by atoms with van der Waals surface area (Å²) < 4.78 is 5.63. The molecule has 0 radical (unpaired) electrons. The zero-order chi connectivity index (χ0) is 15.4. The second-order valence-corrected chi connectivity index (χ2v) is 5.55. The maximum absolute atomic E-state index is 12.1. The van der Waals surface area contributed by atoms with Crippen molar-refractivity contribution in [2.45, 2.75) is 19.3 Å². The van der Waals surface area contributed by atoms with E-state index in [4.69, 9.17) is 4.74 Å². The first-order valence-corrected chi connectivity index (χ1v) is 7.67. The van der Waals surface area contributed by atoms with Gasteiger partial charge in [0.2, 0.25) is 0 Å². The molecule has 0 saturated carbocycles. The Morgan fingerprint density at radius 3 is 2.64 bits per heavy atom. The van der Waals surface area contributed by atoms with Gasteiger partial charge in [0, 0.05) is 13.1 Å². The second kappa shape index (κ2) is 6.60. The third-order valence-corrected chi connectivity index (χ3v) is 4.11. The van der Waals surface area contributed by atoms with Crippen LogP contribution in [0, 0.1) is 0 Å². The number of aldehydes is 1. The van der Waals surface area contributed by atoms with E-state index in [1.807, 2.05) is 35.2 Å². The molecule has 1 heterocycles. The number of rotatable bonds is 4. The molecule has 0 N–H and O–H groups in total. The average Bonchev–Trinajstić information content (AvgIpc) is 2.59. The topological polar surface area (TPSA) is 46.6 Å². The summed E-state index contributed by atoms with van der Waals surface area (Å²) in [6.07, 6.45) is 4.09. The first-order chi connectivity index (χ1) is 10.8. The molecule has 2 aromatic rings. The molecule has 3 rings (SSSR count). The van der Waals surface area contributed by atoms with Crippen LogP contribution in [0.4, 0.5) is 0 Å². The number of piperidine rings is 1. The summed E-state index contributed by atoms with van der Waals surface area (Å²) in [4.78, 5) is 25.4. The maximum Gasteiger partial charge on any atom is 0.260 e. The largest absolute Gasteiger partial charge is 0.483 e. The number of carbonyl (C=O) groups is 2. The number of hydrogen-bond donors (Lipinski definition) is 0. The molecule has 1 aliphatic rings. The number of benzene rings is 2. The fourth-order valence-corrected chi connectivity index (χ4v) is 2.90. The van der Waals surface area contributed by atoms with Crippen LogP contribution in [0.15, 0.2) is 36.4 Å². The van der Waals surface area contributed by atoms with Crippen molar-refractivity contribution < 1.29 is 14.3 Å². The molecule has 0 atom stereocenters. The molecular formula is C18H19NO3. The van der Waals surface area contributed by atoms with Gasteiger partial charge in [-0.25, -0.2) is 0 Å². The fraction of sp³-hybridized carbons (Fsp3) is 0.333. The Labute approximate surface area is 129 Å². The lowest BCUT2D eigenvalue weighted by Gasteiger charge is -2.26. The van der Waals surface area contributed by atoms with Crippen molar-refractivity contribution in [2.75, 3.05) is 19.7 Å². The number of ether oxygens (including phenoxy) is 1. The van der Waals surface area contributed by atoms with E-state index in [9.17, 15) is 9.59 Å². The Bertz CT molecular complexity index is 690. The Hall–Kier alpha value is -2.36. The monoisotopic (exact) mass is 297 g/mol. The minimum atomic E-state index is -0.0147. The zero-order valence-electron chi connectivity index (χ0n) is 12.5. The van der Waals surface area contributed by atoms with Crippen molar-refractivity contribution in [1.29, 1.82) is 0 Å². The van der Waals surface area contributed by atoms with Crippen LogP contribution in [0.1, 0.15) is 29.6 Å². The van der Waals surface area contributed by atoms with Crippen LogP contribution in [-0.4, -0.2) is 36.8 Å². The predicted molar refractivity (Wildman–Crippen MR) is 85.3 cm³/mol. The SMILES string of the molecule is O=Cc1c(OCC(=O)N2CCCCC2)ccc2ccccc12. The lowest BCUT2D eigenvalue weighted by atomic mass is 10.0. The van der Waals surface area contributed by atoms with E-state index in [1.54, 1.807) is 6.07 Å². The third kappa shape index (κ3) is 2.96. The molecular weight excluding hydrogens is 278 g/mol. The number of nitrogens with zero attached hydrogens (tertiary/aromatic N) is 1. The van der Waals surface area contributed by atoms with Crippen LogP contribution in [0.3, 0.4) is 0 Å². The maximum atomic E-state index is 12.1. The number of amides is 1.